The van der Waals surface area contributed by atoms with E-state index < -0.39 is 23.1 Å². The lowest BCUT2D eigenvalue weighted by atomic mass is 9.94. The zero-order chi connectivity index (χ0) is 24.9. The van der Waals surface area contributed by atoms with Gasteiger partial charge in [-0.1, -0.05) is 47.2 Å². The number of hydrazone groups is 1. The summed E-state index contributed by atoms with van der Waals surface area (Å²) in [5.41, 5.74) is 3.13. The van der Waals surface area contributed by atoms with Crippen LogP contribution in [0.4, 0.5) is 4.39 Å². The van der Waals surface area contributed by atoms with Crippen LogP contribution in [0.15, 0.2) is 70.2 Å². The second-order valence-corrected chi connectivity index (χ2v) is 10.2. The minimum atomic E-state index is -2.30. The number of nitrogens with zero attached hydrogens (tertiary/aromatic N) is 3. The molecule has 0 bridgehead atoms. The number of aromatic nitrogens is 1. The minimum Gasteiger partial charge on any atom is -0.628 e. The molecule has 0 spiro atoms. The minimum absolute atomic E-state index is 0.121. The monoisotopic (exact) mass is 512 g/mol. The first kappa shape index (κ1) is 23.3. The Balaban J connectivity index is 1.73. The number of halogens is 2. The Hall–Kier alpha value is -3.40. The van der Waals surface area contributed by atoms with Crippen LogP contribution in [0.3, 0.4) is 0 Å². The SMILES string of the molecule is Cc1c(C2=NN(Cc3ccc(Cl)cc3)[SH+]([O-])C3=C2C=CCC3=O)c2cc(F)ccc2n1CC(=O)O. The first-order valence-electron chi connectivity index (χ1n) is 10.8. The summed E-state index contributed by atoms with van der Waals surface area (Å²) in [6.45, 7) is 1.56. The van der Waals surface area contributed by atoms with Crippen LogP contribution in [0.2, 0.25) is 5.02 Å². The van der Waals surface area contributed by atoms with Crippen molar-refractivity contribution < 1.29 is 23.6 Å². The quantitative estimate of drug-likeness (QED) is 0.407. The zero-order valence-electron chi connectivity index (χ0n) is 18.5. The molecule has 5 rings (SSSR count). The van der Waals surface area contributed by atoms with E-state index in [1.165, 1.54) is 22.6 Å². The highest BCUT2D eigenvalue weighted by atomic mass is 35.5. The van der Waals surface area contributed by atoms with E-state index in [2.05, 4.69) is 0 Å². The summed E-state index contributed by atoms with van der Waals surface area (Å²) in [6, 6.07) is 11.1. The Morgan fingerprint density at radius 2 is 2.00 bits per heavy atom. The maximum Gasteiger partial charge on any atom is 0.323 e. The fourth-order valence-electron chi connectivity index (χ4n) is 4.47. The third-order valence-corrected chi connectivity index (χ3v) is 7.81. The van der Waals surface area contributed by atoms with Crippen LogP contribution < -0.4 is 0 Å². The van der Waals surface area contributed by atoms with E-state index in [9.17, 15) is 23.6 Å². The molecular weight excluding hydrogens is 493 g/mol. The van der Waals surface area contributed by atoms with Crippen molar-refractivity contribution in [1.29, 1.82) is 0 Å². The van der Waals surface area contributed by atoms with Gasteiger partial charge in [0.05, 0.1) is 5.57 Å². The Labute approximate surface area is 208 Å². The first-order valence-corrected chi connectivity index (χ1v) is 12.4. The van der Waals surface area contributed by atoms with Crippen molar-refractivity contribution in [1.82, 2.24) is 8.98 Å². The molecule has 1 atom stereocenters. The second kappa shape index (κ2) is 8.99. The van der Waals surface area contributed by atoms with E-state index in [0.29, 0.717) is 38.5 Å². The number of benzene rings is 2. The molecule has 0 saturated heterocycles. The normalized spacial score (nSPS) is 17.7. The predicted molar refractivity (Wildman–Crippen MR) is 133 cm³/mol. The number of fused-ring (bicyclic) bond motifs is 1. The molecule has 1 aliphatic carbocycles. The van der Waals surface area contributed by atoms with E-state index in [4.69, 9.17) is 16.7 Å². The van der Waals surface area contributed by atoms with E-state index >= 15 is 0 Å². The van der Waals surface area contributed by atoms with Crippen molar-refractivity contribution in [3.8, 4) is 0 Å². The summed E-state index contributed by atoms with van der Waals surface area (Å²) >= 11 is 3.69. The van der Waals surface area contributed by atoms with Gasteiger partial charge in [-0.25, -0.2) is 4.39 Å². The third-order valence-electron chi connectivity index (χ3n) is 6.03. The number of hydrogen-bond donors (Lipinski definition) is 1. The largest absolute Gasteiger partial charge is 0.628 e. The van der Waals surface area contributed by atoms with E-state index in [1.54, 1.807) is 47.9 Å². The number of hydrogen-bond acceptors (Lipinski definition) is 5. The van der Waals surface area contributed by atoms with Gasteiger partial charge in [-0.05, 0) is 42.8 Å². The molecule has 0 amide bonds. The van der Waals surface area contributed by atoms with Crippen molar-refractivity contribution in [3.05, 3.63) is 92.8 Å². The molecule has 10 heteroatoms. The van der Waals surface area contributed by atoms with E-state index in [-0.39, 0.29) is 30.2 Å². The van der Waals surface area contributed by atoms with Crippen LogP contribution in [0.25, 0.3) is 10.9 Å². The average Bonchev–Trinajstić information content (AvgIpc) is 3.07. The van der Waals surface area contributed by atoms with Gasteiger partial charge in [0.25, 0.3) is 0 Å². The number of Topliss-reactive ketones (excluding diaryl/α,β-unsaturated/α-hetero) is 1. The molecule has 1 radical (unpaired) electrons. The van der Waals surface area contributed by atoms with Crippen molar-refractivity contribution in [2.75, 3.05) is 0 Å². The highest BCUT2D eigenvalue weighted by Crippen LogP contribution is 2.37. The lowest BCUT2D eigenvalue weighted by Crippen LogP contribution is -2.37. The number of carboxylic acids is 1. The zero-order valence-corrected chi connectivity index (χ0v) is 20.2. The second-order valence-electron chi connectivity index (χ2n) is 8.27. The molecule has 1 aliphatic heterocycles. The number of allylic oxidation sites excluding steroid dienone is 4. The summed E-state index contributed by atoms with van der Waals surface area (Å²) in [6.07, 6.45) is 3.51. The molecule has 1 unspecified atom stereocenters. The third kappa shape index (κ3) is 4.16. The molecular formula is C25H20ClFN3O4S. The first-order chi connectivity index (χ1) is 16.7. The van der Waals surface area contributed by atoms with Crippen molar-refractivity contribution >= 4 is 51.3 Å². The van der Waals surface area contributed by atoms with Gasteiger partial charge in [0.1, 0.15) is 24.6 Å². The van der Waals surface area contributed by atoms with Gasteiger partial charge in [-0.2, -0.15) is 0 Å². The number of thiol groups is 1. The molecule has 179 valence electrons. The number of carbonyl (C=O) groups is 2. The maximum absolute atomic E-state index is 14.3. The van der Waals surface area contributed by atoms with Gasteiger partial charge >= 0.3 is 5.97 Å². The standard InChI is InChI=1S/C25H20ClFN3O4S/c1-14-23(19-11-17(27)9-10-20(19)29(14)13-22(32)33)24-18-3-2-4-21(31)25(18)35(34)30(28-24)12-15-5-7-16(26)8-6-15/h2-3,5-11,35H,4,12-13H2,1H3,(H,32,33). The van der Waals surface area contributed by atoms with Crippen LogP contribution in [0, 0.1) is 12.7 Å². The van der Waals surface area contributed by atoms with E-state index in [1.807, 2.05) is 0 Å². The summed E-state index contributed by atoms with van der Waals surface area (Å²) in [5.74, 6) is -1.81. The smallest absolute Gasteiger partial charge is 0.323 e. The summed E-state index contributed by atoms with van der Waals surface area (Å²) in [4.78, 5) is 24.6. The molecule has 0 fully saturated rings. The molecule has 3 aromatic rings. The highest BCUT2D eigenvalue weighted by Gasteiger charge is 2.37. The van der Waals surface area contributed by atoms with Crippen LogP contribution in [0.1, 0.15) is 23.2 Å². The molecule has 0 saturated carbocycles. The lowest BCUT2D eigenvalue weighted by Gasteiger charge is -2.34. The van der Waals surface area contributed by atoms with E-state index in [0.717, 1.165) is 5.56 Å². The number of rotatable bonds is 5. The number of ketones is 1. The summed E-state index contributed by atoms with van der Waals surface area (Å²) in [5, 5.41) is 15.2. The van der Waals surface area contributed by atoms with Crippen molar-refractivity contribution in [2.24, 2.45) is 5.10 Å². The Morgan fingerprint density at radius 3 is 2.71 bits per heavy atom. The molecule has 2 heterocycles. The Morgan fingerprint density at radius 1 is 1.26 bits per heavy atom. The molecule has 2 aromatic carbocycles. The average molecular weight is 513 g/mol. The number of carbonyl (C=O) groups excluding carboxylic acids is 1. The molecule has 1 aromatic heterocycles. The summed E-state index contributed by atoms with van der Waals surface area (Å²) in [7, 11) is 0. The lowest BCUT2D eigenvalue weighted by molar-refractivity contribution is -0.137. The van der Waals surface area contributed by atoms with Crippen LogP contribution in [-0.4, -0.2) is 36.1 Å². The fourth-order valence-corrected chi connectivity index (χ4v) is 5.98. The van der Waals surface area contributed by atoms with Gasteiger partial charge in [-0.3, -0.25) is 9.59 Å². The molecule has 1 N–H and O–H groups in total. The van der Waals surface area contributed by atoms with Gasteiger partial charge in [0.2, 0.25) is 5.78 Å². The molecule has 35 heavy (non-hydrogen) atoms. The topological polar surface area (TPSA) is 98.0 Å². The van der Waals surface area contributed by atoms with Crippen LogP contribution >= 0.6 is 11.6 Å². The number of aliphatic carboxylic acids is 1. The molecule has 7 nitrogen and oxygen atoms in total. The fraction of sp³-hybridized carbons (Fsp3) is 0.160. The van der Waals surface area contributed by atoms with Crippen molar-refractivity contribution in [3.63, 3.8) is 0 Å². The van der Waals surface area contributed by atoms with Gasteiger partial charge < -0.3 is 14.2 Å². The highest BCUT2D eigenvalue weighted by molar-refractivity contribution is 7.94. The Bertz CT molecular complexity index is 1480. The van der Waals surface area contributed by atoms with Crippen LogP contribution in [-0.2, 0) is 34.0 Å². The van der Waals surface area contributed by atoms with Gasteiger partial charge in [0, 0.05) is 33.6 Å². The predicted octanol–water partition coefficient (Wildman–Crippen LogP) is 4.23. The maximum atomic E-state index is 14.3. The van der Waals surface area contributed by atoms with Crippen LogP contribution in [0.5, 0.6) is 0 Å². The molecule has 2 aliphatic rings. The Kier molecular flexibility index (Phi) is 6.00. The van der Waals surface area contributed by atoms with Crippen molar-refractivity contribution in [2.45, 2.75) is 26.4 Å². The summed E-state index contributed by atoms with van der Waals surface area (Å²) < 4.78 is 30.7. The van der Waals surface area contributed by atoms with Gasteiger partial charge in [-0.15, -0.1) is 9.52 Å². The van der Waals surface area contributed by atoms with Gasteiger partial charge in [0.15, 0.2) is 4.91 Å². The number of carboxylic acid groups (broad SMARTS) is 1.